The minimum Gasteiger partial charge on any atom is -0.387 e. The van der Waals surface area contributed by atoms with E-state index in [1.54, 1.807) is 11.3 Å². The van der Waals surface area contributed by atoms with E-state index < -0.39 is 6.10 Å². The van der Waals surface area contributed by atoms with Crippen molar-refractivity contribution < 1.29 is 5.11 Å². The lowest BCUT2D eigenvalue weighted by molar-refractivity contribution is 0.192. The van der Waals surface area contributed by atoms with Gasteiger partial charge in [0.15, 0.2) is 0 Å². The van der Waals surface area contributed by atoms with Crippen molar-refractivity contribution in [2.24, 2.45) is 0 Å². The number of aromatic nitrogens is 2. The van der Waals surface area contributed by atoms with Gasteiger partial charge in [0.1, 0.15) is 12.1 Å². The van der Waals surface area contributed by atoms with Gasteiger partial charge in [0.25, 0.3) is 0 Å². The Morgan fingerprint density at radius 3 is 2.87 bits per heavy atom. The minimum atomic E-state index is -0.562. The van der Waals surface area contributed by atoms with Crippen LogP contribution in [0.1, 0.15) is 17.2 Å². The van der Waals surface area contributed by atoms with E-state index in [0.717, 1.165) is 22.4 Å². The molecule has 4 nitrogen and oxygen atoms in total. The Balaban J connectivity index is 1.73. The van der Waals surface area contributed by atoms with E-state index in [4.69, 9.17) is 11.6 Å². The smallest absolute Gasteiger partial charge is 0.130 e. The molecule has 3 rings (SSSR count). The number of rotatable bonds is 5. The summed E-state index contributed by atoms with van der Waals surface area (Å²) in [5.41, 5.74) is 3.66. The summed E-state index contributed by atoms with van der Waals surface area (Å²) in [5.74, 6) is 0.668. The van der Waals surface area contributed by atoms with E-state index in [1.165, 1.54) is 6.33 Å². The van der Waals surface area contributed by atoms with Crippen LogP contribution in [0.2, 0.25) is 5.02 Å². The number of halogens is 1. The summed E-state index contributed by atoms with van der Waals surface area (Å²) in [6.45, 7) is 2.35. The zero-order valence-corrected chi connectivity index (χ0v) is 14.1. The van der Waals surface area contributed by atoms with Crippen LogP contribution in [0.5, 0.6) is 0 Å². The molecule has 1 unspecified atom stereocenters. The molecule has 118 valence electrons. The Morgan fingerprint density at radius 1 is 1.26 bits per heavy atom. The quantitative estimate of drug-likeness (QED) is 0.723. The highest BCUT2D eigenvalue weighted by Crippen LogP contribution is 2.25. The molecule has 0 aliphatic rings. The summed E-state index contributed by atoms with van der Waals surface area (Å²) < 4.78 is 0. The van der Waals surface area contributed by atoms with Crippen molar-refractivity contribution in [2.45, 2.75) is 13.0 Å². The van der Waals surface area contributed by atoms with Gasteiger partial charge < -0.3 is 10.4 Å². The lowest BCUT2D eigenvalue weighted by Gasteiger charge is -2.11. The van der Waals surface area contributed by atoms with Gasteiger partial charge in [-0.1, -0.05) is 23.7 Å². The molecule has 3 aromatic rings. The van der Waals surface area contributed by atoms with Gasteiger partial charge in [-0.3, -0.25) is 0 Å². The second-order valence-electron chi connectivity index (χ2n) is 5.21. The first-order chi connectivity index (χ1) is 11.1. The first kappa shape index (κ1) is 15.9. The molecule has 2 N–H and O–H groups in total. The average Bonchev–Trinajstić information content (AvgIpc) is 3.10. The molecule has 23 heavy (non-hydrogen) atoms. The van der Waals surface area contributed by atoms with Crippen molar-refractivity contribution in [3.05, 3.63) is 63.6 Å². The molecule has 0 spiro atoms. The molecular weight excluding hydrogens is 330 g/mol. The highest BCUT2D eigenvalue weighted by atomic mass is 35.5. The van der Waals surface area contributed by atoms with E-state index in [0.29, 0.717) is 17.4 Å². The van der Waals surface area contributed by atoms with E-state index >= 15 is 0 Å². The van der Waals surface area contributed by atoms with Crippen LogP contribution in [0.4, 0.5) is 5.82 Å². The molecular formula is C17H16ClN3OS. The number of nitrogens with one attached hydrogen (secondary N) is 1. The third-order valence-electron chi connectivity index (χ3n) is 3.54. The lowest BCUT2D eigenvalue weighted by Crippen LogP contribution is -2.12. The number of benzene rings is 1. The molecule has 0 radical (unpaired) electrons. The zero-order chi connectivity index (χ0) is 16.2. The fraction of sp³-hybridized carbons (Fsp3) is 0.176. The van der Waals surface area contributed by atoms with Gasteiger partial charge in [-0.2, -0.15) is 11.3 Å². The molecule has 1 aromatic carbocycles. The lowest BCUT2D eigenvalue weighted by atomic mass is 10.1. The SMILES string of the molecule is Cc1ccc(-c2cc(NCC(O)c3ccsc3)ncn2)cc1Cl. The van der Waals surface area contributed by atoms with Crippen LogP contribution >= 0.6 is 22.9 Å². The molecule has 0 saturated heterocycles. The van der Waals surface area contributed by atoms with Crippen LogP contribution < -0.4 is 5.32 Å². The maximum absolute atomic E-state index is 10.1. The molecule has 0 fully saturated rings. The Morgan fingerprint density at radius 2 is 2.13 bits per heavy atom. The van der Waals surface area contributed by atoms with Gasteiger partial charge in [-0.15, -0.1) is 0 Å². The molecule has 0 amide bonds. The monoisotopic (exact) mass is 345 g/mol. The van der Waals surface area contributed by atoms with Crippen LogP contribution in [0.3, 0.4) is 0 Å². The number of nitrogens with zero attached hydrogens (tertiary/aromatic N) is 2. The largest absolute Gasteiger partial charge is 0.387 e. The number of hydrogen-bond acceptors (Lipinski definition) is 5. The predicted octanol–water partition coefficient (Wildman–Crippen LogP) is 4.31. The fourth-order valence-corrected chi connectivity index (χ4v) is 3.04. The predicted molar refractivity (Wildman–Crippen MR) is 95.0 cm³/mol. The van der Waals surface area contributed by atoms with Gasteiger partial charge in [-0.05, 0) is 40.9 Å². The van der Waals surface area contributed by atoms with Crippen LogP contribution in [-0.2, 0) is 0 Å². The molecule has 2 heterocycles. The van der Waals surface area contributed by atoms with E-state index in [1.807, 2.05) is 48.0 Å². The summed E-state index contributed by atoms with van der Waals surface area (Å²) in [6.07, 6.45) is 0.941. The average molecular weight is 346 g/mol. The highest BCUT2D eigenvalue weighted by molar-refractivity contribution is 7.07. The number of hydrogen-bond donors (Lipinski definition) is 2. The van der Waals surface area contributed by atoms with Crippen molar-refractivity contribution in [2.75, 3.05) is 11.9 Å². The van der Waals surface area contributed by atoms with Crippen LogP contribution in [0, 0.1) is 6.92 Å². The Labute approximate surface area is 143 Å². The number of aryl methyl sites for hydroxylation is 1. The van der Waals surface area contributed by atoms with Gasteiger partial charge in [0.2, 0.25) is 0 Å². The molecule has 0 aliphatic heterocycles. The van der Waals surface area contributed by atoms with Gasteiger partial charge in [0, 0.05) is 23.2 Å². The number of aliphatic hydroxyl groups excluding tert-OH is 1. The normalized spacial score (nSPS) is 12.1. The fourth-order valence-electron chi connectivity index (χ4n) is 2.15. The van der Waals surface area contributed by atoms with Crippen molar-refractivity contribution in [3.63, 3.8) is 0 Å². The summed E-state index contributed by atoms with van der Waals surface area (Å²) in [5, 5.41) is 17.8. The van der Waals surface area contributed by atoms with Gasteiger partial charge >= 0.3 is 0 Å². The Hall–Kier alpha value is -1.95. The summed E-state index contributed by atoms with van der Waals surface area (Å²) in [4.78, 5) is 8.48. The third-order valence-corrected chi connectivity index (χ3v) is 4.65. The third kappa shape index (κ3) is 3.88. The zero-order valence-electron chi connectivity index (χ0n) is 12.5. The van der Waals surface area contributed by atoms with E-state index in [2.05, 4.69) is 15.3 Å². The number of thiophene rings is 1. The summed E-state index contributed by atoms with van der Waals surface area (Å²) in [7, 11) is 0. The van der Waals surface area contributed by atoms with Crippen molar-refractivity contribution in [3.8, 4) is 11.3 Å². The van der Waals surface area contributed by atoms with E-state index in [9.17, 15) is 5.11 Å². The molecule has 0 saturated carbocycles. The topological polar surface area (TPSA) is 58.0 Å². The first-order valence-corrected chi connectivity index (χ1v) is 8.48. The summed E-state index contributed by atoms with van der Waals surface area (Å²) in [6, 6.07) is 9.60. The maximum Gasteiger partial charge on any atom is 0.130 e. The van der Waals surface area contributed by atoms with Gasteiger partial charge in [-0.25, -0.2) is 9.97 Å². The molecule has 2 aromatic heterocycles. The molecule has 0 aliphatic carbocycles. The number of aliphatic hydroxyl groups is 1. The van der Waals surface area contributed by atoms with Crippen molar-refractivity contribution >= 4 is 28.8 Å². The summed E-state index contributed by atoms with van der Waals surface area (Å²) >= 11 is 7.74. The molecule has 0 bridgehead atoms. The number of anilines is 1. The first-order valence-electron chi connectivity index (χ1n) is 7.16. The van der Waals surface area contributed by atoms with Crippen LogP contribution in [0.25, 0.3) is 11.3 Å². The Kier molecular flexibility index (Phi) is 4.91. The standard InChI is InChI=1S/C17H16ClN3OS/c1-11-2-3-12(6-14(11)18)15-7-17(21-10-20-15)19-8-16(22)13-4-5-23-9-13/h2-7,9-10,16,22H,8H2,1H3,(H,19,20,21). The van der Waals surface area contributed by atoms with Gasteiger partial charge in [0.05, 0.1) is 11.8 Å². The van der Waals surface area contributed by atoms with Crippen molar-refractivity contribution in [1.82, 2.24) is 9.97 Å². The van der Waals surface area contributed by atoms with Crippen LogP contribution in [-0.4, -0.2) is 21.6 Å². The minimum absolute atomic E-state index is 0.391. The molecule has 6 heteroatoms. The Bertz CT molecular complexity index is 792. The van der Waals surface area contributed by atoms with E-state index in [-0.39, 0.29) is 0 Å². The van der Waals surface area contributed by atoms with Crippen LogP contribution in [0.15, 0.2) is 47.4 Å². The molecule has 1 atom stereocenters. The van der Waals surface area contributed by atoms with Crippen molar-refractivity contribution in [1.29, 1.82) is 0 Å². The highest BCUT2D eigenvalue weighted by Gasteiger charge is 2.09. The maximum atomic E-state index is 10.1. The second-order valence-corrected chi connectivity index (χ2v) is 6.39. The second kappa shape index (κ2) is 7.08.